The number of aliphatic hydroxyl groups is 1. The van der Waals surface area contributed by atoms with Gasteiger partial charge < -0.3 is 29.2 Å². The summed E-state index contributed by atoms with van der Waals surface area (Å²) in [6.07, 6.45) is 3.74. The van der Waals surface area contributed by atoms with Crippen molar-refractivity contribution in [3.63, 3.8) is 0 Å². The van der Waals surface area contributed by atoms with Crippen molar-refractivity contribution in [2.75, 3.05) is 31.2 Å². The Labute approximate surface area is 174 Å². The Morgan fingerprint density at radius 2 is 1.77 bits per heavy atom. The summed E-state index contributed by atoms with van der Waals surface area (Å²) in [6, 6.07) is 16.8. The van der Waals surface area contributed by atoms with Crippen LogP contribution in [0.2, 0.25) is 0 Å². The maximum absolute atomic E-state index is 11.7. The maximum Gasteiger partial charge on any atom is 0.337 e. The number of aromatic carboxylic acids is 1. The Morgan fingerprint density at radius 1 is 1.03 bits per heavy atom. The number of ether oxygens (including phenoxy) is 2. The molecular formula is C23H24N2O5. The van der Waals surface area contributed by atoms with Crippen molar-refractivity contribution in [3.8, 4) is 11.4 Å². The number of nitrogens with zero attached hydrogens (tertiary/aromatic N) is 2. The Balaban J connectivity index is 1.41. The number of rotatable bonds is 9. The van der Waals surface area contributed by atoms with E-state index < -0.39 is 5.97 Å². The average molecular weight is 408 g/mol. The van der Waals surface area contributed by atoms with Crippen molar-refractivity contribution in [2.45, 2.75) is 12.7 Å². The van der Waals surface area contributed by atoms with Crippen LogP contribution in [0.15, 0.2) is 67.0 Å². The lowest BCUT2D eigenvalue weighted by Crippen LogP contribution is -2.54. The van der Waals surface area contributed by atoms with Crippen LogP contribution in [0.25, 0.3) is 5.69 Å². The molecule has 2 N–H and O–H groups in total. The zero-order valence-corrected chi connectivity index (χ0v) is 16.5. The van der Waals surface area contributed by atoms with E-state index in [0.717, 1.165) is 17.0 Å². The highest BCUT2D eigenvalue weighted by Crippen LogP contribution is 2.32. The summed E-state index contributed by atoms with van der Waals surface area (Å²) in [4.78, 5) is 13.9. The van der Waals surface area contributed by atoms with Gasteiger partial charge in [0.15, 0.2) is 0 Å². The van der Waals surface area contributed by atoms with E-state index in [2.05, 4.69) is 4.90 Å². The highest BCUT2D eigenvalue weighted by atomic mass is 16.5. The molecule has 4 rings (SSSR count). The van der Waals surface area contributed by atoms with Gasteiger partial charge in [0.1, 0.15) is 11.9 Å². The number of hydrogen-bond acceptors (Lipinski definition) is 5. The molecule has 0 atom stereocenters. The Kier molecular flexibility index (Phi) is 6.02. The van der Waals surface area contributed by atoms with Gasteiger partial charge in [0.05, 0.1) is 49.8 Å². The zero-order valence-electron chi connectivity index (χ0n) is 16.5. The molecule has 0 bridgehead atoms. The Bertz CT molecular complexity index is 979. The van der Waals surface area contributed by atoms with Crippen LogP contribution in [0.3, 0.4) is 0 Å². The van der Waals surface area contributed by atoms with Crippen LogP contribution in [-0.4, -0.2) is 53.2 Å². The van der Waals surface area contributed by atoms with Gasteiger partial charge in [0.25, 0.3) is 0 Å². The minimum Gasteiger partial charge on any atom is -0.487 e. The third-order valence-corrected chi connectivity index (χ3v) is 5.03. The molecule has 1 aliphatic rings. The number of aromatic nitrogens is 1. The fourth-order valence-electron chi connectivity index (χ4n) is 3.53. The first-order valence-corrected chi connectivity index (χ1v) is 9.84. The topological polar surface area (TPSA) is 84.2 Å². The fourth-order valence-corrected chi connectivity index (χ4v) is 3.53. The molecule has 1 fully saturated rings. The van der Waals surface area contributed by atoms with Crippen LogP contribution in [-0.2, 0) is 11.3 Å². The SMILES string of the molecule is O=C(O)c1cccc(N2CC(Oc3ccc(COCCO)cc3)C2)c1-n1cccc1. The molecule has 156 valence electrons. The van der Waals surface area contributed by atoms with Crippen LogP contribution < -0.4 is 9.64 Å². The number of anilines is 1. The molecule has 1 saturated heterocycles. The molecule has 7 nitrogen and oxygen atoms in total. The van der Waals surface area contributed by atoms with E-state index >= 15 is 0 Å². The third-order valence-electron chi connectivity index (χ3n) is 5.03. The van der Waals surface area contributed by atoms with Gasteiger partial charge in [-0.2, -0.15) is 0 Å². The third kappa shape index (κ3) is 4.32. The Morgan fingerprint density at radius 3 is 2.43 bits per heavy atom. The van der Waals surface area contributed by atoms with Gasteiger partial charge in [-0.1, -0.05) is 18.2 Å². The molecule has 30 heavy (non-hydrogen) atoms. The average Bonchev–Trinajstić information content (AvgIpc) is 3.25. The van der Waals surface area contributed by atoms with Gasteiger partial charge in [0, 0.05) is 12.4 Å². The van der Waals surface area contributed by atoms with Crippen molar-refractivity contribution >= 4 is 11.7 Å². The maximum atomic E-state index is 11.7. The summed E-state index contributed by atoms with van der Waals surface area (Å²) in [7, 11) is 0. The summed E-state index contributed by atoms with van der Waals surface area (Å²) in [5.41, 5.74) is 2.84. The van der Waals surface area contributed by atoms with E-state index in [1.165, 1.54) is 0 Å². The number of para-hydroxylation sites is 1. The van der Waals surface area contributed by atoms with Crippen molar-refractivity contribution < 1.29 is 24.5 Å². The van der Waals surface area contributed by atoms with E-state index in [9.17, 15) is 9.90 Å². The predicted molar refractivity (Wildman–Crippen MR) is 113 cm³/mol. The normalized spacial score (nSPS) is 13.8. The second-order valence-electron chi connectivity index (χ2n) is 7.13. The van der Waals surface area contributed by atoms with Crippen molar-refractivity contribution in [2.24, 2.45) is 0 Å². The minimum absolute atomic E-state index is 0.0147. The number of carboxylic acids is 1. The molecule has 0 radical (unpaired) electrons. The largest absolute Gasteiger partial charge is 0.487 e. The van der Waals surface area contributed by atoms with E-state index in [1.54, 1.807) is 12.1 Å². The van der Waals surface area contributed by atoms with E-state index in [0.29, 0.717) is 32.0 Å². The molecule has 0 amide bonds. The van der Waals surface area contributed by atoms with Crippen molar-refractivity contribution in [3.05, 3.63) is 78.1 Å². The first-order valence-electron chi connectivity index (χ1n) is 9.84. The van der Waals surface area contributed by atoms with Crippen LogP contribution >= 0.6 is 0 Å². The Hall–Kier alpha value is -3.29. The molecule has 3 aromatic rings. The predicted octanol–water partition coefficient (Wildman–Crippen LogP) is 2.95. The number of hydrogen-bond donors (Lipinski definition) is 2. The first-order chi connectivity index (χ1) is 14.7. The fraction of sp³-hybridized carbons (Fsp3) is 0.261. The molecular weight excluding hydrogens is 384 g/mol. The monoisotopic (exact) mass is 408 g/mol. The molecule has 2 aromatic carbocycles. The van der Waals surface area contributed by atoms with Crippen LogP contribution in [0.4, 0.5) is 5.69 Å². The molecule has 2 heterocycles. The van der Waals surface area contributed by atoms with E-state index in [-0.39, 0.29) is 18.3 Å². The van der Waals surface area contributed by atoms with Gasteiger partial charge >= 0.3 is 5.97 Å². The lowest BCUT2D eigenvalue weighted by atomic mass is 10.1. The van der Waals surface area contributed by atoms with Gasteiger partial charge in [0.2, 0.25) is 0 Å². The number of aliphatic hydroxyl groups excluding tert-OH is 1. The van der Waals surface area contributed by atoms with Gasteiger partial charge in [-0.15, -0.1) is 0 Å². The molecule has 1 aliphatic heterocycles. The van der Waals surface area contributed by atoms with Gasteiger partial charge in [-0.3, -0.25) is 0 Å². The molecule has 1 aromatic heterocycles. The lowest BCUT2D eigenvalue weighted by Gasteiger charge is -2.41. The van der Waals surface area contributed by atoms with Gasteiger partial charge in [-0.05, 0) is 42.0 Å². The van der Waals surface area contributed by atoms with Crippen LogP contribution in [0.5, 0.6) is 5.75 Å². The summed E-state index contributed by atoms with van der Waals surface area (Å²) >= 11 is 0. The summed E-state index contributed by atoms with van der Waals surface area (Å²) in [5, 5.41) is 18.4. The molecule has 0 unspecified atom stereocenters. The number of benzene rings is 2. The second-order valence-corrected chi connectivity index (χ2v) is 7.13. The van der Waals surface area contributed by atoms with Crippen molar-refractivity contribution in [1.29, 1.82) is 0 Å². The smallest absolute Gasteiger partial charge is 0.337 e. The second kappa shape index (κ2) is 9.02. The summed E-state index contributed by atoms with van der Waals surface area (Å²) < 4.78 is 13.2. The molecule has 0 spiro atoms. The summed E-state index contributed by atoms with van der Waals surface area (Å²) in [5.74, 6) is -0.160. The van der Waals surface area contributed by atoms with E-state index in [4.69, 9.17) is 14.6 Å². The summed E-state index contributed by atoms with van der Waals surface area (Å²) in [6.45, 7) is 2.16. The molecule has 0 aliphatic carbocycles. The molecule has 0 saturated carbocycles. The molecule has 7 heteroatoms. The highest BCUT2D eigenvalue weighted by Gasteiger charge is 2.31. The van der Waals surface area contributed by atoms with Gasteiger partial charge in [-0.25, -0.2) is 4.79 Å². The quantitative estimate of drug-likeness (QED) is 0.530. The lowest BCUT2D eigenvalue weighted by molar-refractivity contribution is 0.0697. The standard InChI is InChI=1S/C23H24N2O5/c26-12-13-29-16-17-6-8-18(9-7-17)30-19-14-25(15-19)21-5-3-4-20(23(27)28)22(21)24-10-1-2-11-24/h1-11,19,26H,12-16H2,(H,27,28). The highest BCUT2D eigenvalue weighted by molar-refractivity contribution is 5.95. The number of carboxylic acid groups (broad SMARTS) is 1. The minimum atomic E-state index is -0.947. The van der Waals surface area contributed by atoms with E-state index in [1.807, 2.05) is 59.4 Å². The van der Waals surface area contributed by atoms with Crippen LogP contribution in [0, 0.1) is 0 Å². The zero-order chi connectivity index (χ0) is 20.9. The number of carbonyl (C=O) groups is 1. The van der Waals surface area contributed by atoms with Crippen molar-refractivity contribution in [1.82, 2.24) is 4.57 Å². The van der Waals surface area contributed by atoms with Crippen LogP contribution in [0.1, 0.15) is 15.9 Å². The first kappa shape index (κ1) is 20.0.